The van der Waals surface area contributed by atoms with E-state index >= 15 is 0 Å². The first-order chi connectivity index (χ1) is 16.7. The highest BCUT2D eigenvalue weighted by atomic mass is 19.4. The Kier molecular flexibility index (Phi) is 10.0. The van der Waals surface area contributed by atoms with Gasteiger partial charge in [0.2, 0.25) is 5.91 Å². The van der Waals surface area contributed by atoms with Crippen LogP contribution in [0.5, 0.6) is 0 Å². The van der Waals surface area contributed by atoms with Crippen LogP contribution in [-0.4, -0.2) is 82.1 Å². The number of rotatable bonds is 4. The number of carbonyl (C=O) groups is 3. The molecule has 1 saturated carbocycles. The van der Waals surface area contributed by atoms with E-state index in [2.05, 4.69) is 15.2 Å². The van der Waals surface area contributed by atoms with Crippen LogP contribution in [0.1, 0.15) is 25.7 Å². The van der Waals surface area contributed by atoms with E-state index in [-0.39, 0.29) is 17.9 Å². The summed E-state index contributed by atoms with van der Waals surface area (Å²) in [6, 6.07) is 4.25. The molecule has 3 heterocycles. The maximum Gasteiger partial charge on any atom is 0.490 e. The second kappa shape index (κ2) is 12.3. The first kappa shape index (κ1) is 29.3. The molecule has 1 aromatic rings. The van der Waals surface area contributed by atoms with Gasteiger partial charge in [0.1, 0.15) is 0 Å². The molecule has 0 radical (unpaired) electrons. The quantitative estimate of drug-likeness (QED) is 0.508. The number of hydrogen-bond acceptors (Lipinski definition) is 6. The number of aliphatic carboxylic acids is 2. The maximum absolute atomic E-state index is 12.6. The smallest absolute Gasteiger partial charge is 0.475 e. The Morgan fingerprint density at radius 1 is 1.06 bits per heavy atom. The summed E-state index contributed by atoms with van der Waals surface area (Å²) in [5.41, 5.74) is 0.774. The molecule has 4 rings (SSSR count). The fraction of sp³-hybridized carbons (Fsp3) is 0.619. The van der Waals surface area contributed by atoms with Crippen molar-refractivity contribution < 1.29 is 55.7 Å². The summed E-state index contributed by atoms with van der Waals surface area (Å²) in [6.07, 6.45) is -1.87. The van der Waals surface area contributed by atoms with Gasteiger partial charge in [0.05, 0.1) is 23.9 Å². The molecule has 3 aliphatic rings. The molecule has 2 saturated heterocycles. The van der Waals surface area contributed by atoms with Crippen LogP contribution < -0.4 is 5.32 Å². The Morgan fingerprint density at radius 2 is 1.64 bits per heavy atom. The molecule has 3 fully saturated rings. The number of likely N-dealkylation sites (tertiary alicyclic amines) is 1. The van der Waals surface area contributed by atoms with Crippen LogP contribution in [0.3, 0.4) is 0 Å². The van der Waals surface area contributed by atoms with E-state index < -0.39 is 24.3 Å². The highest BCUT2D eigenvalue weighted by Crippen LogP contribution is 2.36. The molecular weight excluding hydrogens is 504 g/mol. The molecule has 36 heavy (non-hydrogen) atoms. The molecular formula is C21H25F6N3O6. The van der Waals surface area contributed by atoms with E-state index in [1.165, 1.54) is 12.8 Å². The summed E-state index contributed by atoms with van der Waals surface area (Å²) >= 11 is 0. The molecule has 2 aliphatic heterocycles. The maximum atomic E-state index is 12.6. The van der Waals surface area contributed by atoms with Gasteiger partial charge in [0, 0.05) is 31.9 Å². The number of carboxylic acid groups (broad SMARTS) is 2. The standard InChI is InChI=1S/C17H23N3O2.2C2HF3O2/c21-17(19-14-2-1-6-18-9-14)13-8-16-15(5-7-22-16)20(11-13)10-12-3-4-12;2*3-2(4,5)1(6)7/h1-2,6,9,12-13,15-16H,3-5,7-8,10-11H2,(H,19,21);2*(H,6,7)/t13-,15+,16+;;/m0../s1. The van der Waals surface area contributed by atoms with E-state index in [1.807, 2.05) is 12.1 Å². The van der Waals surface area contributed by atoms with Crippen molar-refractivity contribution in [3.63, 3.8) is 0 Å². The zero-order valence-corrected chi connectivity index (χ0v) is 18.8. The minimum atomic E-state index is -5.08. The third-order valence-corrected chi connectivity index (χ3v) is 5.59. The lowest BCUT2D eigenvalue weighted by Gasteiger charge is -2.40. The number of pyridine rings is 1. The van der Waals surface area contributed by atoms with Gasteiger partial charge in [-0.15, -0.1) is 0 Å². The molecule has 0 bridgehead atoms. The van der Waals surface area contributed by atoms with Gasteiger partial charge in [-0.05, 0) is 43.7 Å². The molecule has 0 spiro atoms. The molecule has 1 aromatic heterocycles. The number of nitrogens with zero attached hydrogens (tertiary/aromatic N) is 2. The Labute approximate surface area is 201 Å². The van der Waals surface area contributed by atoms with Gasteiger partial charge in [0.25, 0.3) is 0 Å². The number of aromatic nitrogens is 1. The number of carbonyl (C=O) groups excluding carboxylic acids is 1. The molecule has 0 aromatic carbocycles. The third-order valence-electron chi connectivity index (χ3n) is 5.59. The normalized spacial score (nSPS) is 23.8. The van der Waals surface area contributed by atoms with Gasteiger partial charge in [-0.3, -0.25) is 14.7 Å². The lowest BCUT2D eigenvalue weighted by molar-refractivity contribution is -0.193. The van der Waals surface area contributed by atoms with Crippen molar-refractivity contribution in [2.75, 3.05) is 25.0 Å². The lowest BCUT2D eigenvalue weighted by atomic mass is 9.89. The number of fused-ring (bicyclic) bond motifs is 1. The zero-order chi connectivity index (χ0) is 27.1. The van der Waals surface area contributed by atoms with E-state index in [9.17, 15) is 31.1 Å². The van der Waals surface area contributed by atoms with Crippen LogP contribution >= 0.6 is 0 Å². The average Bonchev–Trinajstić information content (AvgIpc) is 3.46. The van der Waals surface area contributed by atoms with Gasteiger partial charge in [0.15, 0.2) is 0 Å². The lowest BCUT2D eigenvalue weighted by Crippen LogP contribution is -2.52. The first-order valence-corrected chi connectivity index (χ1v) is 10.8. The molecule has 3 N–H and O–H groups in total. The fourth-order valence-electron chi connectivity index (χ4n) is 3.77. The fourth-order valence-corrected chi connectivity index (χ4v) is 3.77. The third kappa shape index (κ3) is 9.60. The number of anilines is 1. The summed E-state index contributed by atoms with van der Waals surface area (Å²) in [5, 5.41) is 17.2. The van der Waals surface area contributed by atoms with Crippen LogP contribution in [-0.2, 0) is 19.1 Å². The number of amides is 1. The Balaban J connectivity index is 0.000000271. The Bertz CT molecular complexity index is 870. The molecule has 0 unspecified atom stereocenters. The van der Waals surface area contributed by atoms with Gasteiger partial charge in [-0.1, -0.05) is 0 Å². The van der Waals surface area contributed by atoms with Crippen molar-refractivity contribution in [2.24, 2.45) is 11.8 Å². The monoisotopic (exact) mass is 529 g/mol. The van der Waals surface area contributed by atoms with E-state index in [0.29, 0.717) is 6.04 Å². The van der Waals surface area contributed by atoms with E-state index in [0.717, 1.165) is 44.1 Å². The predicted molar refractivity (Wildman–Crippen MR) is 111 cm³/mol. The number of alkyl halides is 6. The Hall–Kier alpha value is -2.94. The summed E-state index contributed by atoms with van der Waals surface area (Å²) in [7, 11) is 0. The molecule has 9 nitrogen and oxygen atoms in total. The van der Waals surface area contributed by atoms with Crippen molar-refractivity contribution in [1.82, 2.24) is 9.88 Å². The van der Waals surface area contributed by atoms with Crippen molar-refractivity contribution in [1.29, 1.82) is 0 Å². The summed E-state index contributed by atoms with van der Waals surface area (Å²) in [4.78, 5) is 36.9. The molecule has 1 aliphatic carbocycles. The molecule has 202 valence electrons. The first-order valence-electron chi connectivity index (χ1n) is 10.8. The number of carboxylic acids is 2. The van der Waals surface area contributed by atoms with E-state index in [1.54, 1.807) is 12.4 Å². The van der Waals surface area contributed by atoms with E-state index in [4.69, 9.17) is 24.5 Å². The number of piperidine rings is 1. The van der Waals surface area contributed by atoms with Crippen molar-refractivity contribution in [3.8, 4) is 0 Å². The van der Waals surface area contributed by atoms with Gasteiger partial charge < -0.3 is 20.3 Å². The highest BCUT2D eigenvalue weighted by Gasteiger charge is 2.43. The zero-order valence-electron chi connectivity index (χ0n) is 18.8. The van der Waals surface area contributed by atoms with Crippen molar-refractivity contribution in [3.05, 3.63) is 24.5 Å². The van der Waals surface area contributed by atoms with Crippen LogP contribution in [0.2, 0.25) is 0 Å². The van der Waals surface area contributed by atoms with Crippen LogP contribution in [0.25, 0.3) is 0 Å². The van der Waals surface area contributed by atoms with Crippen molar-refractivity contribution in [2.45, 2.75) is 50.2 Å². The SMILES string of the molecule is O=C(Nc1cccnc1)[C@H]1C[C@H]2OCC[C@H]2N(CC2CC2)C1.O=C(O)C(F)(F)F.O=C(O)C(F)(F)F. The van der Waals surface area contributed by atoms with Gasteiger partial charge in [-0.2, -0.15) is 26.3 Å². The van der Waals surface area contributed by atoms with Crippen LogP contribution in [0.4, 0.5) is 32.0 Å². The molecule has 1 amide bonds. The summed E-state index contributed by atoms with van der Waals surface area (Å²) in [5.74, 6) is -4.55. The number of ether oxygens (including phenoxy) is 1. The minimum Gasteiger partial charge on any atom is -0.475 e. The molecule has 3 atom stereocenters. The molecule has 15 heteroatoms. The van der Waals surface area contributed by atoms with Crippen molar-refractivity contribution >= 4 is 23.5 Å². The van der Waals surface area contributed by atoms with Crippen LogP contribution in [0.15, 0.2) is 24.5 Å². The second-order valence-corrected chi connectivity index (χ2v) is 8.43. The van der Waals surface area contributed by atoms with Gasteiger partial charge >= 0.3 is 24.3 Å². The number of hydrogen-bond donors (Lipinski definition) is 3. The number of halogens is 6. The Morgan fingerprint density at radius 3 is 2.11 bits per heavy atom. The van der Waals surface area contributed by atoms with Gasteiger partial charge in [-0.25, -0.2) is 9.59 Å². The minimum absolute atomic E-state index is 0.0123. The second-order valence-electron chi connectivity index (χ2n) is 8.43. The predicted octanol–water partition coefficient (Wildman–Crippen LogP) is 3.18. The largest absolute Gasteiger partial charge is 0.490 e. The summed E-state index contributed by atoms with van der Waals surface area (Å²) < 4.78 is 69.4. The average molecular weight is 529 g/mol. The number of nitrogens with one attached hydrogen (secondary N) is 1. The van der Waals surface area contributed by atoms with Crippen LogP contribution in [0, 0.1) is 11.8 Å². The topological polar surface area (TPSA) is 129 Å². The summed E-state index contributed by atoms with van der Waals surface area (Å²) in [6.45, 7) is 2.85. The highest BCUT2D eigenvalue weighted by molar-refractivity contribution is 5.92.